The van der Waals surface area contributed by atoms with Crippen molar-refractivity contribution in [2.24, 2.45) is 0 Å². The molecule has 1 aliphatic rings. The summed E-state index contributed by atoms with van der Waals surface area (Å²) in [6.45, 7) is 2.20. The number of nitrogens with zero attached hydrogens (tertiary/aromatic N) is 1. The van der Waals surface area contributed by atoms with E-state index in [1.54, 1.807) is 0 Å². The number of carbonyl (C=O) groups excluding carboxylic acids is 1. The van der Waals surface area contributed by atoms with Gasteiger partial charge in [-0.15, -0.1) is 0 Å². The molecule has 0 spiro atoms. The second-order valence-corrected chi connectivity index (χ2v) is 8.47. The summed E-state index contributed by atoms with van der Waals surface area (Å²) < 4.78 is 1.95. The number of rotatable bonds is 4. The third-order valence-corrected chi connectivity index (χ3v) is 6.43. The van der Waals surface area contributed by atoms with E-state index in [1.165, 1.54) is 24.0 Å². The van der Waals surface area contributed by atoms with Crippen molar-refractivity contribution in [1.29, 1.82) is 0 Å². The van der Waals surface area contributed by atoms with E-state index in [-0.39, 0.29) is 23.9 Å². The first-order chi connectivity index (χ1) is 15.1. The SMILES string of the molecule is CC(NC(=O)Cn1c2ccccc2c(=O)c2ccccc21)c1ccc2c(c1)CCCC2. The maximum atomic E-state index is 13.0. The third-order valence-electron chi connectivity index (χ3n) is 6.43. The smallest absolute Gasteiger partial charge is 0.240 e. The number of para-hydroxylation sites is 2. The number of pyridine rings is 1. The van der Waals surface area contributed by atoms with Crippen molar-refractivity contribution in [2.45, 2.75) is 45.2 Å². The molecule has 31 heavy (non-hydrogen) atoms. The van der Waals surface area contributed by atoms with E-state index in [2.05, 4.69) is 23.5 Å². The van der Waals surface area contributed by atoms with E-state index in [4.69, 9.17) is 0 Å². The normalized spacial score (nSPS) is 14.4. The summed E-state index contributed by atoms with van der Waals surface area (Å²) in [5.74, 6) is -0.0656. The molecule has 1 atom stereocenters. The van der Waals surface area contributed by atoms with Crippen molar-refractivity contribution in [2.75, 3.05) is 0 Å². The van der Waals surface area contributed by atoms with Gasteiger partial charge < -0.3 is 9.88 Å². The summed E-state index contributed by atoms with van der Waals surface area (Å²) in [4.78, 5) is 25.9. The van der Waals surface area contributed by atoms with E-state index < -0.39 is 0 Å². The molecule has 4 aromatic rings. The Bertz CT molecular complexity index is 1290. The molecule has 4 nitrogen and oxygen atoms in total. The van der Waals surface area contributed by atoms with Gasteiger partial charge in [-0.3, -0.25) is 9.59 Å². The van der Waals surface area contributed by atoms with Crippen LogP contribution in [-0.2, 0) is 24.2 Å². The first kappa shape index (κ1) is 19.6. The number of aryl methyl sites for hydroxylation is 2. The van der Waals surface area contributed by atoms with E-state index >= 15 is 0 Å². The van der Waals surface area contributed by atoms with E-state index in [1.807, 2.05) is 60.0 Å². The molecule has 5 rings (SSSR count). The zero-order valence-electron chi connectivity index (χ0n) is 17.7. The highest BCUT2D eigenvalue weighted by atomic mass is 16.2. The van der Waals surface area contributed by atoms with Crippen molar-refractivity contribution in [3.8, 4) is 0 Å². The monoisotopic (exact) mass is 410 g/mol. The zero-order valence-corrected chi connectivity index (χ0v) is 17.7. The summed E-state index contributed by atoms with van der Waals surface area (Å²) in [5.41, 5.74) is 5.57. The van der Waals surface area contributed by atoms with Crippen LogP contribution in [0.1, 0.15) is 42.5 Å². The minimum Gasteiger partial charge on any atom is -0.348 e. The molecule has 1 unspecified atom stereocenters. The van der Waals surface area contributed by atoms with E-state index in [0.717, 1.165) is 29.4 Å². The predicted molar refractivity (Wildman–Crippen MR) is 125 cm³/mol. The fraction of sp³-hybridized carbons (Fsp3) is 0.259. The molecule has 156 valence electrons. The van der Waals surface area contributed by atoms with Gasteiger partial charge in [-0.1, -0.05) is 42.5 Å². The van der Waals surface area contributed by atoms with Crippen LogP contribution in [0.2, 0.25) is 0 Å². The van der Waals surface area contributed by atoms with E-state index in [9.17, 15) is 9.59 Å². The Morgan fingerprint density at radius 3 is 2.19 bits per heavy atom. The highest BCUT2D eigenvalue weighted by molar-refractivity contribution is 5.94. The van der Waals surface area contributed by atoms with Gasteiger partial charge in [0.1, 0.15) is 6.54 Å². The van der Waals surface area contributed by atoms with Gasteiger partial charge in [0.2, 0.25) is 5.91 Å². The second kappa shape index (κ2) is 8.03. The van der Waals surface area contributed by atoms with Crippen LogP contribution in [0.3, 0.4) is 0 Å². The van der Waals surface area contributed by atoms with Crippen molar-refractivity contribution in [3.05, 3.63) is 93.6 Å². The van der Waals surface area contributed by atoms with Gasteiger partial charge >= 0.3 is 0 Å². The Morgan fingerprint density at radius 1 is 0.903 bits per heavy atom. The first-order valence-electron chi connectivity index (χ1n) is 11.0. The average molecular weight is 411 g/mol. The van der Waals surface area contributed by atoms with E-state index in [0.29, 0.717) is 10.8 Å². The predicted octanol–water partition coefficient (Wildman–Crippen LogP) is 4.91. The molecule has 3 aromatic carbocycles. The van der Waals surface area contributed by atoms with Gasteiger partial charge in [0, 0.05) is 10.8 Å². The Hall–Kier alpha value is -3.40. The zero-order chi connectivity index (χ0) is 21.4. The highest BCUT2D eigenvalue weighted by Gasteiger charge is 2.16. The summed E-state index contributed by atoms with van der Waals surface area (Å²) in [6, 6.07) is 21.5. The molecule has 1 amide bonds. The Balaban J connectivity index is 1.45. The fourth-order valence-electron chi connectivity index (χ4n) is 4.78. The standard InChI is InChI=1S/C27H26N2O2/c1-18(20-15-14-19-8-2-3-9-21(19)16-20)28-26(30)17-29-24-12-6-4-10-22(24)27(31)23-11-5-7-13-25(23)29/h4-7,10-16,18H,2-3,8-9,17H2,1H3,(H,28,30). The van der Waals surface area contributed by atoms with Crippen LogP contribution < -0.4 is 10.7 Å². The van der Waals surface area contributed by atoms with Crippen LogP contribution in [0.4, 0.5) is 0 Å². The molecule has 1 aromatic heterocycles. The van der Waals surface area contributed by atoms with Gasteiger partial charge in [-0.05, 0) is 73.6 Å². The highest BCUT2D eigenvalue weighted by Crippen LogP contribution is 2.25. The number of aromatic nitrogens is 1. The number of hydrogen-bond acceptors (Lipinski definition) is 2. The number of carbonyl (C=O) groups is 1. The van der Waals surface area contributed by atoms with Crippen molar-refractivity contribution >= 4 is 27.7 Å². The minimum absolute atomic E-state index is 0.00489. The van der Waals surface area contributed by atoms with Gasteiger partial charge in [-0.2, -0.15) is 0 Å². The van der Waals surface area contributed by atoms with Gasteiger partial charge in [0.25, 0.3) is 0 Å². The summed E-state index contributed by atoms with van der Waals surface area (Å²) in [7, 11) is 0. The summed E-state index contributed by atoms with van der Waals surface area (Å²) in [5, 5.41) is 4.43. The van der Waals surface area contributed by atoms with Crippen LogP contribution in [0.15, 0.2) is 71.5 Å². The topological polar surface area (TPSA) is 51.1 Å². The molecule has 0 bridgehead atoms. The average Bonchev–Trinajstić information content (AvgIpc) is 2.81. The molecule has 0 radical (unpaired) electrons. The molecular weight excluding hydrogens is 384 g/mol. The van der Waals surface area contributed by atoms with Gasteiger partial charge in [-0.25, -0.2) is 0 Å². The van der Waals surface area contributed by atoms with Crippen molar-refractivity contribution in [3.63, 3.8) is 0 Å². The molecule has 0 fully saturated rings. The molecule has 1 N–H and O–H groups in total. The summed E-state index contributed by atoms with van der Waals surface area (Å²) in [6.07, 6.45) is 4.78. The number of nitrogens with one attached hydrogen (secondary N) is 1. The van der Waals surface area contributed by atoms with Crippen molar-refractivity contribution < 1.29 is 4.79 Å². The van der Waals surface area contributed by atoms with Crippen molar-refractivity contribution in [1.82, 2.24) is 9.88 Å². The van der Waals surface area contributed by atoms with Crippen LogP contribution in [0.25, 0.3) is 21.8 Å². The maximum absolute atomic E-state index is 13.0. The quantitative estimate of drug-likeness (QED) is 0.486. The van der Waals surface area contributed by atoms with Crippen LogP contribution >= 0.6 is 0 Å². The lowest BCUT2D eigenvalue weighted by Gasteiger charge is -2.21. The molecule has 0 aliphatic heterocycles. The summed E-state index contributed by atoms with van der Waals surface area (Å²) >= 11 is 0. The lowest BCUT2D eigenvalue weighted by molar-refractivity contribution is -0.122. The minimum atomic E-state index is -0.0726. The van der Waals surface area contributed by atoms with Gasteiger partial charge in [0.15, 0.2) is 5.43 Å². The third kappa shape index (κ3) is 3.63. The first-order valence-corrected chi connectivity index (χ1v) is 11.0. The molecule has 1 heterocycles. The van der Waals surface area contributed by atoms with Gasteiger partial charge in [0.05, 0.1) is 17.1 Å². The Morgan fingerprint density at radius 2 is 1.52 bits per heavy atom. The molecule has 1 aliphatic carbocycles. The molecule has 4 heteroatoms. The number of benzene rings is 3. The Labute approximate surface area is 181 Å². The lowest BCUT2D eigenvalue weighted by Crippen LogP contribution is -2.31. The van der Waals surface area contributed by atoms with Crippen LogP contribution in [-0.4, -0.2) is 10.5 Å². The number of fused-ring (bicyclic) bond motifs is 3. The lowest BCUT2D eigenvalue weighted by atomic mass is 9.89. The largest absolute Gasteiger partial charge is 0.348 e. The van der Waals surface area contributed by atoms with Crippen LogP contribution in [0, 0.1) is 0 Å². The molecule has 0 saturated carbocycles. The Kier molecular flexibility index (Phi) is 5.06. The molecule has 0 saturated heterocycles. The second-order valence-electron chi connectivity index (χ2n) is 8.47. The number of amides is 1. The fourth-order valence-corrected chi connectivity index (χ4v) is 4.78. The number of hydrogen-bond donors (Lipinski definition) is 1. The maximum Gasteiger partial charge on any atom is 0.240 e. The van der Waals surface area contributed by atoms with Crippen LogP contribution in [0.5, 0.6) is 0 Å². The molecular formula is C27H26N2O2.